The first-order chi connectivity index (χ1) is 10.8. The summed E-state index contributed by atoms with van der Waals surface area (Å²) in [4.78, 5) is 7.39. The predicted octanol–water partition coefficient (Wildman–Crippen LogP) is 3.63. The number of pyridine rings is 1. The molecule has 0 spiro atoms. The lowest BCUT2D eigenvalue weighted by molar-refractivity contribution is 0.326. The van der Waals surface area contributed by atoms with Crippen LogP contribution >= 0.6 is 0 Å². The Balaban J connectivity index is 1.55. The molecule has 0 N–H and O–H groups in total. The Labute approximate surface area is 131 Å². The summed E-state index contributed by atoms with van der Waals surface area (Å²) in [6.45, 7) is 5.40. The van der Waals surface area contributed by atoms with Gasteiger partial charge in [0.25, 0.3) is 0 Å². The molecule has 2 aromatic heterocycles. The van der Waals surface area contributed by atoms with Crippen molar-refractivity contribution in [3.63, 3.8) is 0 Å². The van der Waals surface area contributed by atoms with Crippen molar-refractivity contribution in [1.82, 2.24) is 14.3 Å². The molecule has 0 amide bonds. The van der Waals surface area contributed by atoms with E-state index >= 15 is 0 Å². The molecule has 3 nitrogen and oxygen atoms in total. The highest BCUT2D eigenvalue weighted by Gasteiger charge is 2.27. The lowest BCUT2D eigenvalue weighted by atomic mass is 10.0. The Morgan fingerprint density at radius 3 is 2.77 bits per heavy atom. The molecule has 1 aliphatic rings. The zero-order valence-electron chi connectivity index (χ0n) is 12.9. The van der Waals surface area contributed by atoms with E-state index < -0.39 is 0 Å². The maximum Gasteiger partial charge on any atom is 0.110 e. The van der Waals surface area contributed by atoms with Gasteiger partial charge in [0, 0.05) is 25.2 Å². The van der Waals surface area contributed by atoms with Crippen LogP contribution in [0.2, 0.25) is 0 Å². The molecule has 1 aliphatic heterocycles. The first kappa shape index (κ1) is 13.5. The number of nitrogens with zero attached hydrogens (tertiary/aromatic N) is 3. The minimum Gasteiger partial charge on any atom is -0.304 e. The van der Waals surface area contributed by atoms with Crippen molar-refractivity contribution in [2.75, 3.05) is 13.1 Å². The van der Waals surface area contributed by atoms with Gasteiger partial charge in [-0.25, -0.2) is 4.98 Å². The third-order valence-corrected chi connectivity index (χ3v) is 4.66. The monoisotopic (exact) mass is 291 g/mol. The number of rotatable bonds is 3. The second-order valence-electron chi connectivity index (χ2n) is 6.21. The summed E-state index contributed by atoms with van der Waals surface area (Å²) < 4.78 is 2.20. The van der Waals surface area contributed by atoms with Crippen LogP contribution in [0.4, 0.5) is 0 Å². The van der Waals surface area contributed by atoms with Gasteiger partial charge in [0.2, 0.25) is 0 Å². The van der Waals surface area contributed by atoms with E-state index in [4.69, 9.17) is 4.98 Å². The molecule has 4 rings (SSSR count). The number of aromatic nitrogens is 2. The van der Waals surface area contributed by atoms with E-state index in [1.54, 1.807) is 0 Å². The highest BCUT2D eigenvalue weighted by atomic mass is 15.2. The molecule has 3 aromatic rings. The molecule has 1 saturated heterocycles. The van der Waals surface area contributed by atoms with E-state index in [2.05, 4.69) is 71.0 Å². The Kier molecular flexibility index (Phi) is 3.43. The quantitative estimate of drug-likeness (QED) is 0.734. The number of aryl methyl sites for hydroxylation is 1. The minimum absolute atomic E-state index is 0.551. The van der Waals surface area contributed by atoms with Crippen molar-refractivity contribution < 1.29 is 0 Å². The Hall–Kier alpha value is -2.13. The van der Waals surface area contributed by atoms with Gasteiger partial charge in [-0.15, -0.1) is 0 Å². The largest absolute Gasteiger partial charge is 0.304 e. The molecular formula is C19H21N3. The van der Waals surface area contributed by atoms with Crippen LogP contribution in [-0.4, -0.2) is 27.4 Å². The number of benzene rings is 1. The average Bonchev–Trinajstić information content (AvgIpc) is 3.14. The van der Waals surface area contributed by atoms with Crippen LogP contribution in [-0.2, 0) is 6.54 Å². The summed E-state index contributed by atoms with van der Waals surface area (Å²) in [5, 5.41) is 0. The number of fused-ring (bicyclic) bond motifs is 1. The third kappa shape index (κ3) is 2.42. The van der Waals surface area contributed by atoms with Crippen LogP contribution in [0.15, 0.2) is 54.7 Å². The summed E-state index contributed by atoms with van der Waals surface area (Å²) >= 11 is 0. The van der Waals surface area contributed by atoms with E-state index in [0.717, 1.165) is 25.5 Å². The Morgan fingerprint density at radius 2 is 1.91 bits per heavy atom. The zero-order chi connectivity index (χ0) is 14.9. The fourth-order valence-corrected chi connectivity index (χ4v) is 3.56. The first-order valence-electron chi connectivity index (χ1n) is 8.01. The van der Waals surface area contributed by atoms with Gasteiger partial charge < -0.3 is 4.40 Å². The normalized spacial score (nSPS) is 19.0. The van der Waals surface area contributed by atoms with Gasteiger partial charge in [0.1, 0.15) is 5.82 Å². The number of likely N-dealkylation sites (tertiary alicyclic amines) is 1. The van der Waals surface area contributed by atoms with Crippen LogP contribution in [0.5, 0.6) is 0 Å². The maximum absolute atomic E-state index is 4.85. The van der Waals surface area contributed by atoms with E-state index in [0.29, 0.717) is 5.92 Å². The predicted molar refractivity (Wildman–Crippen MR) is 89.0 cm³/mol. The summed E-state index contributed by atoms with van der Waals surface area (Å²) in [5.74, 6) is 1.64. The molecule has 112 valence electrons. The first-order valence-corrected chi connectivity index (χ1v) is 8.01. The molecule has 1 fully saturated rings. The molecule has 0 unspecified atom stereocenters. The third-order valence-electron chi connectivity index (χ3n) is 4.66. The molecular weight excluding hydrogens is 270 g/mol. The molecule has 0 saturated carbocycles. The standard InChI is InChI=1S/C19H21N3/c1-15-20-19(18-9-5-6-11-22(15)18)17-10-12-21(14-17)13-16-7-3-2-4-8-16/h2-9,11,17H,10,12-14H2,1H3/t17-/m0/s1. The summed E-state index contributed by atoms with van der Waals surface area (Å²) in [5.41, 5.74) is 3.94. The molecule has 3 heteroatoms. The average molecular weight is 291 g/mol. The fraction of sp³-hybridized carbons (Fsp3) is 0.316. The van der Waals surface area contributed by atoms with E-state index in [1.807, 2.05) is 0 Å². The lowest BCUT2D eigenvalue weighted by Crippen LogP contribution is -2.19. The van der Waals surface area contributed by atoms with Gasteiger partial charge in [-0.3, -0.25) is 4.90 Å². The maximum atomic E-state index is 4.85. The molecule has 22 heavy (non-hydrogen) atoms. The smallest absolute Gasteiger partial charge is 0.110 e. The number of hydrogen-bond acceptors (Lipinski definition) is 2. The van der Waals surface area contributed by atoms with E-state index in [1.165, 1.54) is 23.2 Å². The van der Waals surface area contributed by atoms with Gasteiger partial charge in [-0.2, -0.15) is 0 Å². The Morgan fingerprint density at radius 1 is 1.09 bits per heavy atom. The summed E-state index contributed by atoms with van der Waals surface area (Å²) in [6.07, 6.45) is 3.31. The van der Waals surface area contributed by atoms with Gasteiger partial charge in [0.15, 0.2) is 0 Å². The SMILES string of the molecule is Cc1nc([C@H]2CCN(Cc3ccccc3)C2)c2ccccn12. The van der Waals surface area contributed by atoms with Crippen molar-refractivity contribution >= 4 is 5.52 Å². The highest BCUT2D eigenvalue weighted by molar-refractivity contribution is 5.55. The molecule has 1 aromatic carbocycles. The number of imidazole rings is 1. The van der Waals surface area contributed by atoms with Crippen LogP contribution in [0.1, 0.15) is 29.4 Å². The summed E-state index contributed by atoms with van der Waals surface area (Å²) in [6, 6.07) is 17.1. The minimum atomic E-state index is 0.551. The molecule has 3 heterocycles. The lowest BCUT2D eigenvalue weighted by Gasteiger charge is -2.15. The zero-order valence-corrected chi connectivity index (χ0v) is 12.9. The second-order valence-corrected chi connectivity index (χ2v) is 6.21. The van der Waals surface area contributed by atoms with Gasteiger partial charge in [-0.1, -0.05) is 36.4 Å². The number of hydrogen-bond donors (Lipinski definition) is 0. The van der Waals surface area contributed by atoms with Gasteiger partial charge >= 0.3 is 0 Å². The van der Waals surface area contributed by atoms with Gasteiger partial charge in [-0.05, 0) is 37.6 Å². The van der Waals surface area contributed by atoms with Crippen LogP contribution < -0.4 is 0 Å². The van der Waals surface area contributed by atoms with Crippen LogP contribution in [0.25, 0.3) is 5.52 Å². The summed E-state index contributed by atoms with van der Waals surface area (Å²) in [7, 11) is 0. The highest BCUT2D eigenvalue weighted by Crippen LogP contribution is 2.30. The van der Waals surface area contributed by atoms with Crippen molar-refractivity contribution in [2.45, 2.75) is 25.8 Å². The fourth-order valence-electron chi connectivity index (χ4n) is 3.56. The topological polar surface area (TPSA) is 20.5 Å². The van der Waals surface area contributed by atoms with Crippen molar-refractivity contribution in [3.8, 4) is 0 Å². The van der Waals surface area contributed by atoms with Gasteiger partial charge in [0.05, 0.1) is 11.2 Å². The molecule has 1 atom stereocenters. The van der Waals surface area contributed by atoms with Crippen molar-refractivity contribution in [2.24, 2.45) is 0 Å². The van der Waals surface area contributed by atoms with E-state index in [-0.39, 0.29) is 0 Å². The van der Waals surface area contributed by atoms with E-state index in [9.17, 15) is 0 Å². The molecule has 0 aliphatic carbocycles. The molecule has 0 bridgehead atoms. The van der Waals surface area contributed by atoms with Crippen molar-refractivity contribution in [3.05, 3.63) is 71.8 Å². The molecule has 0 radical (unpaired) electrons. The van der Waals surface area contributed by atoms with Crippen molar-refractivity contribution in [1.29, 1.82) is 0 Å². The second kappa shape index (κ2) is 5.58. The Bertz CT molecular complexity index is 776. The van der Waals surface area contributed by atoms with Crippen LogP contribution in [0, 0.1) is 6.92 Å². The van der Waals surface area contributed by atoms with Crippen LogP contribution in [0.3, 0.4) is 0 Å².